The van der Waals surface area contributed by atoms with Gasteiger partial charge < -0.3 is 10.5 Å². The van der Waals surface area contributed by atoms with E-state index in [2.05, 4.69) is 0 Å². The zero-order chi connectivity index (χ0) is 12.3. The van der Waals surface area contributed by atoms with Crippen LogP contribution in [0.5, 0.6) is 5.75 Å². The quantitative estimate of drug-likeness (QED) is 0.767. The standard InChI is InChI=1S/C10H15NO4S/c1-7(11)5-8-3-4-9(15-2)10(6-8)16(12,13)14/h3-4,6-7H,5,11H2,1-2H3,(H,12,13,14). The van der Waals surface area contributed by atoms with Crippen LogP contribution in [0.1, 0.15) is 12.5 Å². The van der Waals surface area contributed by atoms with Crippen LogP contribution >= 0.6 is 0 Å². The van der Waals surface area contributed by atoms with Crippen LogP contribution in [0.15, 0.2) is 23.1 Å². The summed E-state index contributed by atoms with van der Waals surface area (Å²) in [6.45, 7) is 1.82. The van der Waals surface area contributed by atoms with Crippen LogP contribution in [-0.4, -0.2) is 26.1 Å². The number of hydrogen-bond acceptors (Lipinski definition) is 4. The third kappa shape index (κ3) is 3.19. The normalized spacial score (nSPS) is 13.5. The minimum atomic E-state index is -4.27. The van der Waals surface area contributed by atoms with E-state index in [1.54, 1.807) is 6.07 Å². The number of nitrogens with two attached hydrogens (primary N) is 1. The topological polar surface area (TPSA) is 89.6 Å². The van der Waals surface area contributed by atoms with Gasteiger partial charge in [0.2, 0.25) is 0 Å². The first-order chi connectivity index (χ1) is 7.34. The van der Waals surface area contributed by atoms with Crippen molar-refractivity contribution in [2.45, 2.75) is 24.3 Å². The van der Waals surface area contributed by atoms with Gasteiger partial charge in [-0.05, 0) is 31.0 Å². The predicted molar refractivity (Wildman–Crippen MR) is 60.2 cm³/mol. The van der Waals surface area contributed by atoms with E-state index in [0.717, 1.165) is 5.56 Å². The van der Waals surface area contributed by atoms with Crippen LogP contribution < -0.4 is 10.5 Å². The minimum absolute atomic E-state index is 0.0809. The Bertz CT molecular complexity index is 468. The molecule has 0 bridgehead atoms. The van der Waals surface area contributed by atoms with Crippen LogP contribution in [0, 0.1) is 0 Å². The van der Waals surface area contributed by atoms with E-state index in [1.807, 2.05) is 6.92 Å². The molecule has 0 aliphatic rings. The third-order valence-electron chi connectivity index (χ3n) is 2.06. The van der Waals surface area contributed by atoms with Gasteiger partial charge in [0.15, 0.2) is 0 Å². The van der Waals surface area contributed by atoms with Crippen molar-refractivity contribution in [3.63, 3.8) is 0 Å². The second-order valence-electron chi connectivity index (χ2n) is 3.64. The number of benzene rings is 1. The van der Waals surface area contributed by atoms with Gasteiger partial charge in [-0.3, -0.25) is 4.55 Å². The summed E-state index contributed by atoms with van der Waals surface area (Å²) in [5, 5.41) is 0. The average Bonchev–Trinajstić information content (AvgIpc) is 2.15. The van der Waals surface area contributed by atoms with Gasteiger partial charge in [-0.15, -0.1) is 0 Å². The highest BCUT2D eigenvalue weighted by Gasteiger charge is 2.17. The van der Waals surface area contributed by atoms with Gasteiger partial charge in [0, 0.05) is 6.04 Å². The molecule has 1 aromatic carbocycles. The van der Waals surface area contributed by atoms with E-state index in [1.165, 1.54) is 19.2 Å². The molecule has 1 rings (SSSR count). The van der Waals surface area contributed by atoms with Crippen molar-refractivity contribution in [1.29, 1.82) is 0 Å². The lowest BCUT2D eigenvalue weighted by molar-refractivity contribution is 0.397. The molecule has 0 spiro atoms. The molecule has 1 aromatic rings. The fraction of sp³-hybridized carbons (Fsp3) is 0.400. The van der Waals surface area contributed by atoms with Crippen LogP contribution in [-0.2, 0) is 16.5 Å². The van der Waals surface area contributed by atoms with Crippen molar-refractivity contribution >= 4 is 10.1 Å². The highest BCUT2D eigenvalue weighted by molar-refractivity contribution is 7.86. The molecule has 16 heavy (non-hydrogen) atoms. The summed E-state index contributed by atoms with van der Waals surface area (Å²) in [6, 6.07) is 4.51. The molecule has 0 saturated heterocycles. The van der Waals surface area contributed by atoms with Crippen molar-refractivity contribution in [2.75, 3.05) is 7.11 Å². The van der Waals surface area contributed by atoms with E-state index >= 15 is 0 Å². The van der Waals surface area contributed by atoms with Gasteiger partial charge in [0.1, 0.15) is 10.6 Å². The summed E-state index contributed by atoms with van der Waals surface area (Å²) in [4.78, 5) is -0.229. The van der Waals surface area contributed by atoms with Gasteiger partial charge in [-0.2, -0.15) is 8.42 Å². The lowest BCUT2D eigenvalue weighted by Gasteiger charge is -2.10. The number of ether oxygens (including phenoxy) is 1. The molecule has 5 nitrogen and oxygen atoms in total. The molecule has 0 amide bonds. The van der Waals surface area contributed by atoms with Crippen molar-refractivity contribution in [2.24, 2.45) is 5.73 Å². The molecule has 0 radical (unpaired) electrons. The minimum Gasteiger partial charge on any atom is -0.495 e. The molecular formula is C10H15NO4S. The van der Waals surface area contributed by atoms with Crippen LogP contribution in [0.3, 0.4) is 0 Å². The smallest absolute Gasteiger partial charge is 0.298 e. The zero-order valence-electron chi connectivity index (χ0n) is 9.17. The SMILES string of the molecule is COc1ccc(CC(C)N)cc1S(=O)(=O)O. The lowest BCUT2D eigenvalue weighted by atomic mass is 10.1. The summed E-state index contributed by atoms with van der Waals surface area (Å²) in [6.07, 6.45) is 0.534. The Hall–Kier alpha value is -1.11. The highest BCUT2D eigenvalue weighted by Crippen LogP contribution is 2.24. The molecule has 0 heterocycles. The molecule has 90 valence electrons. The van der Waals surface area contributed by atoms with Crippen molar-refractivity contribution < 1.29 is 17.7 Å². The molecule has 1 atom stereocenters. The Kier molecular flexibility index (Phi) is 3.90. The number of methoxy groups -OCH3 is 1. The maximum absolute atomic E-state index is 11.1. The molecule has 0 aromatic heterocycles. The van der Waals surface area contributed by atoms with Crippen LogP contribution in [0.2, 0.25) is 0 Å². The average molecular weight is 245 g/mol. The van der Waals surface area contributed by atoms with E-state index in [-0.39, 0.29) is 16.7 Å². The largest absolute Gasteiger partial charge is 0.495 e. The van der Waals surface area contributed by atoms with Crippen LogP contribution in [0.25, 0.3) is 0 Å². The molecule has 1 unspecified atom stereocenters. The highest BCUT2D eigenvalue weighted by atomic mass is 32.2. The fourth-order valence-electron chi connectivity index (χ4n) is 1.42. The van der Waals surface area contributed by atoms with Gasteiger partial charge in [-0.25, -0.2) is 0 Å². The first-order valence-corrected chi connectivity index (χ1v) is 6.18. The molecule has 6 heteroatoms. The second-order valence-corrected chi connectivity index (χ2v) is 5.03. The number of hydrogen-bond donors (Lipinski definition) is 2. The maximum atomic E-state index is 11.1. The molecule has 0 aliphatic carbocycles. The lowest BCUT2D eigenvalue weighted by Crippen LogP contribution is -2.18. The maximum Gasteiger partial charge on any atom is 0.298 e. The van der Waals surface area contributed by atoms with E-state index in [9.17, 15) is 8.42 Å². The predicted octanol–water partition coefficient (Wildman–Crippen LogP) is 0.832. The van der Waals surface area contributed by atoms with Crippen molar-refractivity contribution in [3.8, 4) is 5.75 Å². The third-order valence-corrected chi connectivity index (χ3v) is 2.94. The van der Waals surface area contributed by atoms with Crippen molar-refractivity contribution in [3.05, 3.63) is 23.8 Å². The Morgan fingerprint density at radius 3 is 2.56 bits per heavy atom. The zero-order valence-corrected chi connectivity index (χ0v) is 9.99. The van der Waals surface area contributed by atoms with Crippen molar-refractivity contribution in [1.82, 2.24) is 0 Å². The van der Waals surface area contributed by atoms with E-state index in [4.69, 9.17) is 15.0 Å². The summed E-state index contributed by atoms with van der Waals surface area (Å²) in [5.41, 5.74) is 6.35. The Morgan fingerprint density at radius 1 is 1.50 bits per heavy atom. The Balaban J connectivity index is 3.22. The summed E-state index contributed by atoms with van der Waals surface area (Å²) >= 11 is 0. The molecule has 0 saturated carbocycles. The second kappa shape index (κ2) is 4.82. The molecule has 3 N–H and O–H groups in total. The summed E-state index contributed by atoms with van der Waals surface area (Å²) < 4.78 is 36.1. The Labute approximate surface area is 95.0 Å². The molecule has 0 aliphatic heterocycles. The first kappa shape index (κ1) is 13.0. The summed E-state index contributed by atoms with van der Waals surface area (Å²) in [7, 11) is -2.93. The van der Waals surface area contributed by atoms with Gasteiger partial charge >= 0.3 is 0 Å². The van der Waals surface area contributed by atoms with E-state index < -0.39 is 10.1 Å². The first-order valence-electron chi connectivity index (χ1n) is 4.74. The number of rotatable bonds is 4. The van der Waals surface area contributed by atoms with E-state index in [0.29, 0.717) is 6.42 Å². The summed E-state index contributed by atoms with van der Waals surface area (Å²) in [5.74, 6) is 0.121. The molecule has 0 fully saturated rings. The monoisotopic (exact) mass is 245 g/mol. The van der Waals surface area contributed by atoms with Gasteiger partial charge in [0.25, 0.3) is 10.1 Å². The fourth-order valence-corrected chi connectivity index (χ4v) is 2.13. The van der Waals surface area contributed by atoms with Gasteiger partial charge in [0.05, 0.1) is 7.11 Å². The Morgan fingerprint density at radius 2 is 2.12 bits per heavy atom. The van der Waals surface area contributed by atoms with Gasteiger partial charge in [-0.1, -0.05) is 6.07 Å². The van der Waals surface area contributed by atoms with Crippen LogP contribution in [0.4, 0.5) is 0 Å². The molecular weight excluding hydrogens is 230 g/mol.